The van der Waals surface area contributed by atoms with Crippen LogP contribution in [-0.2, 0) is 16.4 Å². The lowest BCUT2D eigenvalue weighted by atomic mass is 9.85. The first-order valence-electron chi connectivity index (χ1n) is 8.41. The predicted molar refractivity (Wildman–Crippen MR) is 105 cm³/mol. The van der Waals surface area contributed by atoms with Crippen molar-refractivity contribution in [3.05, 3.63) is 65.2 Å². The van der Waals surface area contributed by atoms with Crippen LogP contribution in [0.2, 0.25) is 0 Å². The lowest BCUT2D eigenvalue weighted by Crippen LogP contribution is -2.30. The SMILES string of the molecule is CC1(C)Cc2ccc(NS(C)(=O)=O)cc2C(CC(=O)c2ccccc2)=N1. The van der Waals surface area contributed by atoms with Crippen molar-refractivity contribution in [2.75, 3.05) is 11.0 Å². The van der Waals surface area contributed by atoms with Gasteiger partial charge in [0.05, 0.1) is 23.9 Å². The smallest absolute Gasteiger partial charge is 0.229 e. The van der Waals surface area contributed by atoms with Crippen molar-refractivity contribution in [2.45, 2.75) is 32.2 Å². The molecule has 0 spiro atoms. The van der Waals surface area contributed by atoms with E-state index >= 15 is 0 Å². The molecule has 2 aromatic carbocycles. The van der Waals surface area contributed by atoms with Crippen LogP contribution >= 0.6 is 0 Å². The first-order chi connectivity index (χ1) is 12.1. The highest BCUT2D eigenvalue weighted by molar-refractivity contribution is 7.92. The van der Waals surface area contributed by atoms with E-state index in [1.54, 1.807) is 24.3 Å². The molecule has 3 rings (SSSR count). The maximum absolute atomic E-state index is 12.7. The average molecular weight is 370 g/mol. The van der Waals surface area contributed by atoms with Crippen molar-refractivity contribution in [2.24, 2.45) is 4.99 Å². The molecule has 0 aliphatic carbocycles. The zero-order chi connectivity index (χ0) is 18.9. The standard InChI is InChI=1S/C20H22N2O3S/c1-20(2)13-15-9-10-16(22-26(3,24)25)11-17(15)18(21-20)12-19(23)14-7-5-4-6-8-14/h4-11,22H,12-13H2,1-3H3. The molecule has 136 valence electrons. The van der Waals surface area contributed by atoms with Crippen LogP contribution in [0.1, 0.15) is 41.8 Å². The minimum atomic E-state index is -3.37. The molecule has 0 fully saturated rings. The van der Waals surface area contributed by atoms with Gasteiger partial charge < -0.3 is 0 Å². The van der Waals surface area contributed by atoms with Gasteiger partial charge >= 0.3 is 0 Å². The highest BCUT2D eigenvalue weighted by Crippen LogP contribution is 2.30. The summed E-state index contributed by atoms with van der Waals surface area (Å²) in [6, 6.07) is 14.5. The number of nitrogens with one attached hydrogen (secondary N) is 1. The van der Waals surface area contributed by atoms with E-state index in [4.69, 9.17) is 4.99 Å². The number of sulfonamides is 1. The van der Waals surface area contributed by atoms with E-state index in [9.17, 15) is 13.2 Å². The third kappa shape index (κ3) is 4.38. The molecule has 0 bridgehead atoms. The number of fused-ring (bicyclic) bond motifs is 1. The van der Waals surface area contributed by atoms with Crippen LogP contribution in [0.25, 0.3) is 0 Å². The molecule has 1 aliphatic rings. The van der Waals surface area contributed by atoms with Gasteiger partial charge in [0, 0.05) is 16.8 Å². The molecule has 0 unspecified atom stereocenters. The van der Waals surface area contributed by atoms with E-state index in [1.807, 2.05) is 38.1 Å². The van der Waals surface area contributed by atoms with Crippen LogP contribution in [0.15, 0.2) is 53.5 Å². The Hall–Kier alpha value is -2.47. The number of Topliss-reactive ketones (excluding diaryl/α,β-unsaturated/α-hetero) is 1. The summed E-state index contributed by atoms with van der Waals surface area (Å²) < 4.78 is 25.5. The summed E-state index contributed by atoms with van der Waals surface area (Å²) >= 11 is 0. The minimum Gasteiger partial charge on any atom is -0.294 e. The van der Waals surface area contributed by atoms with Gasteiger partial charge in [-0.1, -0.05) is 36.4 Å². The molecule has 0 saturated carbocycles. The monoisotopic (exact) mass is 370 g/mol. The number of nitrogens with zero attached hydrogens (tertiary/aromatic N) is 1. The zero-order valence-corrected chi connectivity index (χ0v) is 15.9. The summed E-state index contributed by atoms with van der Waals surface area (Å²) in [6.45, 7) is 4.07. The van der Waals surface area contributed by atoms with Gasteiger partial charge in [-0.3, -0.25) is 14.5 Å². The molecule has 0 saturated heterocycles. The molecular formula is C20H22N2O3S. The van der Waals surface area contributed by atoms with Crippen molar-refractivity contribution in [3.63, 3.8) is 0 Å². The molecule has 0 radical (unpaired) electrons. The molecule has 1 heterocycles. The van der Waals surface area contributed by atoms with E-state index in [2.05, 4.69) is 4.72 Å². The van der Waals surface area contributed by atoms with Gasteiger partial charge in [0.2, 0.25) is 10.0 Å². The van der Waals surface area contributed by atoms with Crippen LogP contribution < -0.4 is 4.72 Å². The number of hydrogen-bond donors (Lipinski definition) is 1. The Labute approximate surface area is 154 Å². The fourth-order valence-corrected chi connectivity index (χ4v) is 3.78. The first-order valence-corrected chi connectivity index (χ1v) is 10.3. The van der Waals surface area contributed by atoms with Gasteiger partial charge in [-0.2, -0.15) is 0 Å². The van der Waals surface area contributed by atoms with Crippen molar-refractivity contribution in [1.29, 1.82) is 0 Å². The maximum atomic E-state index is 12.7. The molecule has 1 aliphatic heterocycles. The van der Waals surface area contributed by atoms with E-state index in [-0.39, 0.29) is 17.7 Å². The fraction of sp³-hybridized carbons (Fsp3) is 0.300. The average Bonchev–Trinajstić information content (AvgIpc) is 2.54. The van der Waals surface area contributed by atoms with Gasteiger partial charge in [0.25, 0.3) is 0 Å². The number of aliphatic imine (C=N–C) groups is 1. The van der Waals surface area contributed by atoms with Crippen molar-refractivity contribution in [3.8, 4) is 0 Å². The van der Waals surface area contributed by atoms with Gasteiger partial charge in [0.15, 0.2) is 5.78 Å². The molecule has 0 aromatic heterocycles. The van der Waals surface area contributed by atoms with Crippen molar-refractivity contribution >= 4 is 27.2 Å². The van der Waals surface area contributed by atoms with Crippen molar-refractivity contribution in [1.82, 2.24) is 0 Å². The second-order valence-electron chi connectivity index (χ2n) is 7.26. The number of hydrogen-bond acceptors (Lipinski definition) is 4. The fourth-order valence-electron chi connectivity index (χ4n) is 3.22. The highest BCUT2D eigenvalue weighted by Gasteiger charge is 2.28. The third-order valence-electron chi connectivity index (χ3n) is 4.21. The summed E-state index contributed by atoms with van der Waals surface area (Å²) in [5.74, 6) is -0.00512. The second-order valence-corrected chi connectivity index (χ2v) is 9.01. The van der Waals surface area contributed by atoms with Crippen LogP contribution in [0.4, 0.5) is 5.69 Å². The Morgan fingerprint density at radius 1 is 1.15 bits per heavy atom. The number of rotatable bonds is 5. The maximum Gasteiger partial charge on any atom is 0.229 e. The lowest BCUT2D eigenvalue weighted by Gasteiger charge is -2.29. The summed E-state index contributed by atoms with van der Waals surface area (Å²) in [5, 5.41) is 0. The van der Waals surface area contributed by atoms with E-state index < -0.39 is 10.0 Å². The first kappa shape index (κ1) is 18.3. The van der Waals surface area contributed by atoms with Crippen LogP contribution in [0.5, 0.6) is 0 Å². The zero-order valence-electron chi connectivity index (χ0n) is 15.1. The molecule has 5 nitrogen and oxygen atoms in total. The molecule has 0 amide bonds. The summed E-state index contributed by atoms with van der Waals surface area (Å²) in [6.07, 6.45) is 2.04. The summed E-state index contributed by atoms with van der Waals surface area (Å²) in [7, 11) is -3.37. The lowest BCUT2D eigenvalue weighted by molar-refractivity contribution is 0.100. The van der Waals surface area contributed by atoms with Gasteiger partial charge in [-0.25, -0.2) is 8.42 Å². The molecular weight excluding hydrogens is 348 g/mol. The Morgan fingerprint density at radius 3 is 2.50 bits per heavy atom. The van der Waals surface area contributed by atoms with Gasteiger partial charge in [-0.15, -0.1) is 0 Å². The Bertz CT molecular complexity index is 977. The predicted octanol–water partition coefficient (Wildman–Crippen LogP) is 3.45. The minimum absolute atomic E-state index is 0.00512. The largest absolute Gasteiger partial charge is 0.294 e. The molecule has 6 heteroatoms. The number of anilines is 1. The second kappa shape index (κ2) is 6.68. The van der Waals surface area contributed by atoms with E-state index in [0.717, 1.165) is 23.8 Å². The van der Waals surface area contributed by atoms with Crippen LogP contribution in [0.3, 0.4) is 0 Å². The molecule has 0 atom stereocenters. The van der Waals surface area contributed by atoms with E-state index in [1.165, 1.54) is 0 Å². The van der Waals surface area contributed by atoms with Crippen molar-refractivity contribution < 1.29 is 13.2 Å². The highest BCUT2D eigenvalue weighted by atomic mass is 32.2. The molecule has 1 N–H and O–H groups in total. The summed E-state index contributed by atoms with van der Waals surface area (Å²) in [5.41, 5.74) is 3.42. The van der Waals surface area contributed by atoms with Gasteiger partial charge in [-0.05, 0) is 38.0 Å². The van der Waals surface area contributed by atoms with Crippen LogP contribution in [0, 0.1) is 0 Å². The topological polar surface area (TPSA) is 75.6 Å². The summed E-state index contributed by atoms with van der Waals surface area (Å²) in [4.78, 5) is 17.4. The Morgan fingerprint density at radius 2 is 1.85 bits per heavy atom. The van der Waals surface area contributed by atoms with E-state index in [0.29, 0.717) is 17.0 Å². The normalized spacial score (nSPS) is 15.7. The Kier molecular flexibility index (Phi) is 4.71. The Balaban J connectivity index is 1.97. The molecule has 26 heavy (non-hydrogen) atoms. The number of carbonyl (C=O) groups excluding carboxylic acids is 1. The quantitative estimate of drug-likeness (QED) is 0.819. The number of ketones is 1. The van der Waals surface area contributed by atoms with Gasteiger partial charge in [0.1, 0.15) is 0 Å². The number of carbonyl (C=O) groups is 1. The molecule has 2 aromatic rings. The van der Waals surface area contributed by atoms with Crippen LogP contribution in [-0.4, -0.2) is 31.7 Å². The third-order valence-corrected chi connectivity index (χ3v) is 4.81. The number of benzene rings is 2.